The molecule has 1 amide bonds. The zero-order valence-corrected chi connectivity index (χ0v) is 11.6. The van der Waals surface area contributed by atoms with Crippen LogP contribution >= 0.6 is 0 Å². The van der Waals surface area contributed by atoms with E-state index < -0.39 is 5.97 Å². The SMILES string of the molecule is CC1(C(=O)NCCc2ccccc2C(=O)O)CCNC1. The highest BCUT2D eigenvalue weighted by molar-refractivity contribution is 5.89. The van der Waals surface area contributed by atoms with Crippen molar-refractivity contribution >= 4 is 11.9 Å². The van der Waals surface area contributed by atoms with Gasteiger partial charge in [-0.3, -0.25) is 4.79 Å². The molecule has 1 aliphatic rings. The van der Waals surface area contributed by atoms with Crippen LogP contribution < -0.4 is 10.6 Å². The summed E-state index contributed by atoms with van der Waals surface area (Å²) in [5, 5.41) is 15.2. The highest BCUT2D eigenvalue weighted by atomic mass is 16.4. The van der Waals surface area contributed by atoms with Crippen molar-refractivity contribution in [2.45, 2.75) is 19.8 Å². The first-order valence-corrected chi connectivity index (χ1v) is 6.83. The Morgan fingerprint density at radius 1 is 1.40 bits per heavy atom. The maximum atomic E-state index is 12.1. The van der Waals surface area contributed by atoms with Crippen molar-refractivity contribution in [3.05, 3.63) is 35.4 Å². The van der Waals surface area contributed by atoms with Crippen LogP contribution in [0.4, 0.5) is 0 Å². The second-order valence-electron chi connectivity index (χ2n) is 5.46. The molecule has 1 saturated heterocycles. The summed E-state index contributed by atoms with van der Waals surface area (Å²) in [6.07, 6.45) is 1.36. The van der Waals surface area contributed by atoms with Gasteiger partial charge in [0.25, 0.3) is 0 Å². The fourth-order valence-electron chi connectivity index (χ4n) is 2.48. The van der Waals surface area contributed by atoms with Gasteiger partial charge in [0.1, 0.15) is 0 Å². The number of hydrogen-bond acceptors (Lipinski definition) is 3. The van der Waals surface area contributed by atoms with Gasteiger partial charge in [-0.1, -0.05) is 18.2 Å². The molecule has 0 aromatic heterocycles. The van der Waals surface area contributed by atoms with E-state index in [9.17, 15) is 9.59 Å². The minimum absolute atomic E-state index is 0.0373. The highest BCUT2D eigenvalue weighted by Gasteiger charge is 2.35. The molecule has 3 N–H and O–H groups in total. The van der Waals surface area contributed by atoms with Crippen LogP contribution in [-0.4, -0.2) is 36.6 Å². The maximum absolute atomic E-state index is 12.1. The number of rotatable bonds is 5. The van der Waals surface area contributed by atoms with Crippen molar-refractivity contribution in [2.24, 2.45) is 5.41 Å². The molecule has 0 saturated carbocycles. The van der Waals surface area contributed by atoms with Gasteiger partial charge in [-0.05, 0) is 37.9 Å². The molecule has 5 heteroatoms. The Kier molecular flexibility index (Phi) is 4.39. The standard InChI is InChI=1S/C15H20N2O3/c1-15(7-9-16-10-15)14(20)17-8-6-11-4-2-3-5-12(11)13(18)19/h2-5,16H,6-10H2,1H3,(H,17,20)(H,18,19). The lowest BCUT2D eigenvalue weighted by Gasteiger charge is -2.21. The third kappa shape index (κ3) is 3.17. The molecule has 1 fully saturated rings. The Hall–Kier alpha value is -1.88. The molecule has 0 aliphatic carbocycles. The molecule has 1 heterocycles. The van der Waals surface area contributed by atoms with E-state index in [0.29, 0.717) is 25.1 Å². The van der Waals surface area contributed by atoms with Gasteiger partial charge in [-0.15, -0.1) is 0 Å². The zero-order valence-electron chi connectivity index (χ0n) is 11.6. The molecular weight excluding hydrogens is 256 g/mol. The lowest BCUT2D eigenvalue weighted by atomic mass is 9.89. The first-order valence-electron chi connectivity index (χ1n) is 6.83. The van der Waals surface area contributed by atoms with Crippen LogP contribution in [0.3, 0.4) is 0 Å². The van der Waals surface area contributed by atoms with Gasteiger partial charge in [-0.2, -0.15) is 0 Å². The number of carboxylic acids is 1. The van der Waals surface area contributed by atoms with Crippen molar-refractivity contribution in [1.29, 1.82) is 0 Å². The number of amides is 1. The second kappa shape index (κ2) is 6.05. The molecule has 20 heavy (non-hydrogen) atoms. The van der Waals surface area contributed by atoms with Crippen LogP contribution in [-0.2, 0) is 11.2 Å². The number of aromatic carboxylic acids is 1. The van der Waals surface area contributed by atoms with Crippen molar-refractivity contribution in [2.75, 3.05) is 19.6 Å². The molecule has 1 aromatic carbocycles. The predicted octanol–water partition coefficient (Wildman–Crippen LogP) is 1.04. The average molecular weight is 276 g/mol. The van der Waals surface area contributed by atoms with E-state index >= 15 is 0 Å². The minimum Gasteiger partial charge on any atom is -0.478 e. The van der Waals surface area contributed by atoms with Gasteiger partial charge >= 0.3 is 5.97 Å². The molecule has 0 radical (unpaired) electrons. The van der Waals surface area contributed by atoms with Crippen LogP contribution in [0.2, 0.25) is 0 Å². The first kappa shape index (κ1) is 14.5. The topological polar surface area (TPSA) is 78.4 Å². The second-order valence-corrected chi connectivity index (χ2v) is 5.46. The van der Waals surface area contributed by atoms with Gasteiger partial charge in [0.15, 0.2) is 0 Å². The summed E-state index contributed by atoms with van der Waals surface area (Å²) in [7, 11) is 0. The van der Waals surface area contributed by atoms with E-state index in [1.165, 1.54) is 0 Å². The zero-order chi connectivity index (χ0) is 14.6. The number of carbonyl (C=O) groups is 2. The van der Waals surface area contributed by atoms with Crippen LogP contribution in [0.1, 0.15) is 29.3 Å². The van der Waals surface area contributed by atoms with Gasteiger partial charge in [0.05, 0.1) is 11.0 Å². The fourth-order valence-corrected chi connectivity index (χ4v) is 2.48. The van der Waals surface area contributed by atoms with E-state index in [-0.39, 0.29) is 11.3 Å². The number of hydrogen-bond donors (Lipinski definition) is 3. The maximum Gasteiger partial charge on any atom is 0.335 e. The molecule has 1 unspecified atom stereocenters. The summed E-state index contributed by atoms with van der Waals surface area (Å²) in [5.41, 5.74) is 0.706. The number of benzene rings is 1. The molecular formula is C15H20N2O3. The Morgan fingerprint density at radius 2 is 2.15 bits per heavy atom. The third-order valence-electron chi connectivity index (χ3n) is 3.84. The van der Waals surface area contributed by atoms with E-state index in [4.69, 9.17) is 5.11 Å². The van der Waals surface area contributed by atoms with Crippen molar-refractivity contribution in [1.82, 2.24) is 10.6 Å². The molecule has 2 rings (SSSR count). The summed E-state index contributed by atoms with van der Waals surface area (Å²) >= 11 is 0. The Morgan fingerprint density at radius 3 is 2.80 bits per heavy atom. The molecule has 5 nitrogen and oxygen atoms in total. The lowest BCUT2D eigenvalue weighted by molar-refractivity contribution is -0.129. The third-order valence-corrected chi connectivity index (χ3v) is 3.84. The van der Waals surface area contributed by atoms with Crippen LogP contribution in [0.15, 0.2) is 24.3 Å². The monoisotopic (exact) mass is 276 g/mol. The fraction of sp³-hybridized carbons (Fsp3) is 0.467. The molecule has 1 aliphatic heterocycles. The Balaban J connectivity index is 1.90. The summed E-state index contributed by atoms with van der Waals surface area (Å²) in [6, 6.07) is 6.89. The molecule has 0 spiro atoms. The largest absolute Gasteiger partial charge is 0.478 e. The summed E-state index contributed by atoms with van der Waals surface area (Å²) < 4.78 is 0. The van der Waals surface area contributed by atoms with Gasteiger partial charge in [0.2, 0.25) is 5.91 Å². The van der Waals surface area contributed by atoms with Crippen molar-refractivity contribution < 1.29 is 14.7 Å². The van der Waals surface area contributed by atoms with E-state index in [1.807, 2.05) is 13.0 Å². The number of carboxylic acid groups (broad SMARTS) is 1. The minimum atomic E-state index is -0.932. The summed E-state index contributed by atoms with van der Waals surface area (Å²) in [6.45, 7) is 3.97. The average Bonchev–Trinajstić information content (AvgIpc) is 2.87. The Bertz CT molecular complexity index is 508. The molecule has 108 valence electrons. The van der Waals surface area contributed by atoms with Gasteiger partial charge in [0, 0.05) is 13.1 Å². The van der Waals surface area contributed by atoms with Crippen LogP contribution in [0.5, 0.6) is 0 Å². The lowest BCUT2D eigenvalue weighted by Crippen LogP contribution is -2.41. The van der Waals surface area contributed by atoms with Gasteiger partial charge < -0.3 is 15.7 Å². The number of carbonyl (C=O) groups excluding carboxylic acids is 1. The van der Waals surface area contributed by atoms with E-state index in [2.05, 4.69) is 10.6 Å². The van der Waals surface area contributed by atoms with Crippen LogP contribution in [0, 0.1) is 5.41 Å². The van der Waals surface area contributed by atoms with E-state index in [0.717, 1.165) is 18.5 Å². The summed E-state index contributed by atoms with van der Waals surface area (Å²) in [5.74, 6) is -0.894. The highest BCUT2D eigenvalue weighted by Crippen LogP contribution is 2.24. The van der Waals surface area contributed by atoms with E-state index in [1.54, 1.807) is 18.2 Å². The van der Waals surface area contributed by atoms with Crippen LogP contribution in [0.25, 0.3) is 0 Å². The quantitative estimate of drug-likeness (QED) is 0.751. The molecule has 1 atom stereocenters. The van der Waals surface area contributed by atoms with Crippen molar-refractivity contribution in [3.8, 4) is 0 Å². The smallest absolute Gasteiger partial charge is 0.335 e. The Labute approximate surface area is 118 Å². The predicted molar refractivity (Wildman–Crippen MR) is 75.7 cm³/mol. The van der Waals surface area contributed by atoms with Crippen molar-refractivity contribution in [3.63, 3.8) is 0 Å². The summed E-state index contributed by atoms with van der Waals surface area (Å²) in [4.78, 5) is 23.2. The number of nitrogens with one attached hydrogen (secondary N) is 2. The normalized spacial score (nSPS) is 21.6. The molecule has 1 aromatic rings. The first-order chi connectivity index (χ1) is 9.53. The van der Waals surface area contributed by atoms with Gasteiger partial charge in [-0.25, -0.2) is 4.79 Å². The molecule has 0 bridgehead atoms.